The van der Waals surface area contributed by atoms with Crippen LogP contribution >= 0.6 is 0 Å². The highest BCUT2D eigenvalue weighted by atomic mass is 16.6. The maximum atomic E-state index is 13.2. The van der Waals surface area contributed by atoms with Crippen LogP contribution in [0.1, 0.15) is 73.4 Å². The van der Waals surface area contributed by atoms with Gasteiger partial charge in [0, 0.05) is 11.8 Å². The Morgan fingerprint density at radius 3 is 1.96 bits per heavy atom. The molecule has 4 aromatic rings. The fourth-order valence-corrected chi connectivity index (χ4v) is 7.11. The van der Waals surface area contributed by atoms with Crippen molar-refractivity contribution in [1.29, 1.82) is 0 Å². The molecule has 2 aliphatic rings. The van der Waals surface area contributed by atoms with E-state index in [1.807, 2.05) is 48.5 Å². The number of aromatic amines is 1. The number of rotatable bonds is 9. The van der Waals surface area contributed by atoms with E-state index in [-0.39, 0.29) is 17.7 Å². The molecule has 0 amide bonds. The molecule has 0 spiro atoms. The lowest BCUT2D eigenvalue weighted by molar-refractivity contribution is -0.0839. The second-order valence-electron chi connectivity index (χ2n) is 12.5. The first kappa shape index (κ1) is 32.0. The van der Waals surface area contributed by atoms with Crippen molar-refractivity contribution in [1.82, 2.24) is 14.5 Å². The Morgan fingerprint density at radius 2 is 1.37 bits per heavy atom. The van der Waals surface area contributed by atoms with Crippen molar-refractivity contribution in [3.63, 3.8) is 0 Å². The lowest BCUT2D eigenvalue weighted by Crippen LogP contribution is -2.44. The molecule has 0 aliphatic carbocycles. The van der Waals surface area contributed by atoms with E-state index in [1.165, 1.54) is 25.7 Å². The molecule has 2 fully saturated rings. The number of hydrogen-bond donors (Lipinski definition) is 1. The number of nitrogens with zero attached hydrogens (tertiary/aromatic N) is 2. The molecule has 3 atom stereocenters. The van der Waals surface area contributed by atoms with Crippen LogP contribution in [-0.2, 0) is 15.1 Å². The van der Waals surface area contributed by atoms with Gasteiger partial charge in [-0.05, 0) is 68.1 Å². The molecule has 0 bridgehead atoms. The molecular formula is C38H45N3O5. The molecule has 6 rings (SSSR count). The summed E-state index contributed by atoms with van der Waals surface area (Å²) in [6.45, 7) is 3.94. The van der Waals surface area contributed by atoms with Crippen LogP contribution in [-0.4, -0.2) is 53.4 Å². The van der Waals surface area contributed by atoms with Crippen molar-refractivity contribution in [2.24, 2.45) is 0 Å². The summed E-state index contributed by atoms with van der Waals surface area (Å²) in [4.78, 5) is 30.5. The van der Waals surface area contributed by atoms with Crippen LogP contribution in [0.5, 0.6) is 5.75 Å². The number of methoxy groups -OCH3 is 1. The number of nitrogens with one attached hydrogen (secondary N) is 1. The van der Waals surface area contributed by atoms with Crippen LogP contribution in [0.25, 0.3) is 0 Å². The molecule has 2 saturated heterocycles. The van der Waals surface area contributed by atoms with Crippen molar-refractivity contribution >= 4 is 0 Å². The largest absolute Gasteiger partial charge is 0.497 e. The molecule has 242 valence electrons. The highest BCUT2D eigenvalue weighted by molar-refractivity contribution is 5.48. The van der Waals surface area contributed by atoms with Crippen molar-refractivity contribution in [3.8, 4) is 5.75 Å². The van der Waals surface area contributed by atoms with E-state index in [2.05, 4.69) is 46.3 Å². The average molecular weight is 624 g/mol. The fourth-order valence-electron chi connectivity index (χ4n) is 7.11. The molecule has 0 unspecified atom stereocenters. The monoisotopic (exact) mass is 623 g/mol. The van der Waals surface area contributed by atoms with Crippen LogP contribution in [0.3, 0.4) is 0 Å². The first-order valence-corrected chi connectivity index (χ1v) is 16.6. The van der Waals surface area contributed by atoms with E-state index in [4.69, 9.17) is 14.2 Å². The van der Waals surface area contributed by atoms with E-state index in [9.17, 15) is 9.59 Å². The second-order valence-corrected chi connectivity index (χ2v) is 12.5. The second kappa shape index (κ2) is 14.6. The Morgan fingerprint density at radius 1 is 0.804 bits per heavy atom. The highest BCUT2D eigenvalue weighted by Gasteiger charge is 2.43. The van der Waals surface area contributed by atoms with Gasteiger partial charge in [0.15, 0.2) is 6.23 Å². The summed E-state index contributed by atoms with van der Waals surface area (Å²) in [6, 6.07) is 28.6. The van der Waals surface area contributed by atoms with E-state index >= 15 is 0 Å². The van der Waals surface area contributed by atoms with Crippen LogP contribution in [0.4, 0.5) is 0 Å². The van der Waals surface area contributed by atoms with Crippen molar-refractivity contribution in [2.45, 2.75) is 75.8 Å². The Hall–Kier alpha value is -3.98. The average Bonchev–Trinajstić information content (AvgIpc) is 3.57. The molecule has 8 nitrogen and oxygen atoms in total. The third kappa shape index (κ3) is 6.75. The summed E-state index contributed by atoms with van der Waals surface area (Å²) in [6.07, 6.45) is 8.70. The molecule has 46 heavy (non-hydrogen) atoms. The molecule has 0 saturated carbocycles. The van der Waals surface area contributed by atoms with Gasteiger partial charge in [0.25, 0.3) is 5.56 Å². The maximum Gasteiger partial charge on any atom is 0.330 e. The van der Waals surface area contributed by atoms with Gasteiger partial charge in [-0.25, -0.2) is 4.79 Å². The van der Waals surface area contributed by atoms with Crippen LogP contribution in [0.2, 0.25) is 0 Å². The minimum absolute atomic E-state index is 0.0291. The fraction of sp³-hybridized carbons (Fsp3) is 0.421. The zero-order chi connectivity index (χ0) is 31.9. The number of aromatic nitrogens is 2. The number of benzene rings is 3. The van der Waals surface area contributed by atoms with Crippen molar-refractivity contribution < 1.29 is 14.2 Å². The Kier molecular flexibility index (Phi) is 10.2. The zero-order valence-electron chi connectivity index (χ0n) is 26.9. The lowest BCUT2D eigenvalue weighted by atomic mass is 9.80. The third-order valence-electron chi connectivity index (χ3n) is 9.54. The Labute approximate surface area is 271 Å². The molecule has 1 N–H and O–H groups in total. The number of ether oxygens (including phenoxy) is 3. The van der Waals surface area contributed by atoms with Crippen molar-refractivity contribution in [2.75, 3.05) is 26.8 Å². The predicted molar refractivity (Wildman–Crippen MR) is 179 cm³/mol. The minimum atomic E-state index is -0.921. The summed E-state index contributed by atoms with van der Waals surface area (Å²) in [7, 11) is 1.67. The predicted octanol–water partition coefficient (Wildman–Crippen LogP) is 6.17. The standard InChI is InChI=1S/C38H45N3O5/c1-28-26-41(37(43)39-35(28)42)36-34(40-23-13-5-3-4-6-14-24-40)25-33(46-36)27-45-38(29-15-9-7-10-16-29,30-17-11-8-12-18-30)31-19-21-32(44-2)22-20-31/h7-12,15-22,26,33-34,36H,3-6,13-14,23-25,27H2,1-2H3,(H,39,42,43)/t33-,34+,36+/m0/s1. The molecule has 3 aromatic carbocycles. The molecule has 1 aromatic heterocycles. The minimum Gasteiger partial charge on any atom is -0.497 e. The molecule has 3 heterocycles. The summed E-state index contributed by atoms with van der Waals surface area (Å²) in [5, 5.41) is 0. The normalized spacial score (nSPS) is 21.3. The number of aryl methyl sites for hydroxylation is 1. The van der Waals surface area contributed by atoms with E-state index in [0.29, 0.717) is 18.6 Å². The van der Waals surface area contributed by atoms with E-state index in [0.717, 1.165) is 48.4 Å². The molecule has 8 heteroatoms. The third-order valence-corrected chi connectivity index (χ3v) is 9.54. The number of hydrogen-bond acceptors (Lipinski definition) is 6. The maximum absolute atomic E-state index is 13.2. The number of H-pyrrole nitrogens is 1. The highest BCUT2D eigenvalue weighted by Crippen LogP contribution is 2.42. The smallest absolute Gasteiger partial charge is 0.330 e. The van der Waals surface area contributed by atoms with E-state index < -0.39 is 17.5 Å². The van der Waals surface area contributed by atoms with Gasteiger partial charge in [-0.15, -0.1) is 0 Å². The SMILES string of the molecule is COc1ccc(C(OC[C@@H]2C[C@@H](N3CCCCCCCC3)[C@H](n3cc(C)c(=O)[nH]c3=O)O2)(c2ccccc2)c2ccccc2)cc1. The quantitative estimate of drug-likeness (QED) is 0.224. The Balaban J connectivity index is 1.37. The zero-order valence-corrected chi connectivity index (χ0v) is 26.9. The van der Waals surface area contributed by atoms with Gasteiger partial charge in [-0.2, -0.15) is 0 Å². The summed E-state index contributed by atoms with van der Waals surface area (Å²) in [5.74, 6) is 0.772. The van der Waals surface area contributed by atoms with Gasteiger partial charge in [0.1, 0.15) is 11.4 Å². The molecular weight excluding hydrogens is 578 g/mol. The van der Waals surface area contributed by atoms with E-state index in [1.54, 1.807) is 24.8 Å². The Bertz CT molecular complexity index is 1620. The molecule has 0 radical (unpaired) electrons. The van der Waals surface area contributed by atoms with Gasteiger partial charge in [0.2, 0.25) is 0 Å². The summed E-state index contributed by atoms with van der Waals surface area (Å²) in [5.41, 5.74) is 1.73. The topological polar surface area (TPSA) is 85.8 Å². The van der Waals surface area contributed by atoms with Crippen LogP contribution in [0.15, 0.2) is 101 Å². The van der Waals surface area contributed by atoms with Gasteiger partial charge in [-0.3, -0.25) is 19.2 Å². The molecule has 2 aliphatic heterocycles. The first-order valence-electron chi connectivity index (χ1n) is 16.6. The van der Waals surface area contributed by atoms with Gasteiger partial charge in [0.05, 0.1) is 25.9 Å². The van der Waals surface area contributed by atoms with Crippen molar-refractivity contribution in [3.05, 3.63) is 134 Å². The van der Waals surface area contributed by atoms with Gasteiger partial charge < -0.3 is 14.2 Å². The lowest BCUT2D eigenvalue weighted by Gasteiger charge is -2.36. The van der Waals surface area contributed by atoms with Gasteiger partial charge >= 0.3 is 5.69 Å². The van der Waals surface area contributed by atoms with Gasteiger partial charge in [-0.1, -0.05) is 98.5 Å². The summed E-state index contributed by atoms with van der Waals surface area (Å²) >= 11 is 0. The summed E-state index contributed by atoms with van der Waals surface area (Å²) < 4.78 is 21.0. The van der Waals surface area contributed by atoms with Crippen LogP contribution in [0, 0.1) is 6.92 Å². The first-order chi connectivity index (χ1) is 22.5. The van der Waals surface area contributed by atoms with Crippen LogP contribution < -0.4 is 16.0 Å².